The molecule has 2 unspecified atom stereocenters. The minimum atomic E-state index is -0.435. The van der Waals surface area contributed by atoms with Gasteiger partial charge in [0, 0.05) is 24.3 Å². The predicted molar refractivity (Wildman–Crippen MR) is 122 cm³/mol. The summed E-state index contributed by atoms with van der Waals surface area (Å²) in [6, 6.07) is 11.2. The van der Waals surface area contributed by atoms with Gasteiger partial charge in [-0.2, -0.15) is 5.10 Å². The van der Waals surface area contributed by atoms with Gasteiger partial charge in [0.15, 0.2) is 0 Å². The second kappa shape index (κ2) is 8.22. The van der Waals surface area contributed by atoms with E-state index in [1.165, 1.54) is 17.7 Å². The first-order valence-electron chi connectivity index (χ1n) is 11.2. The molecule has 2 aliphatic heterocycles. The van der Waals surface area contributed by atoms with E-state index in [9.17, 15) is 9.18 Å². The van der Waals surface area contributed by atoms with Gasteiger partial charge in [0.2, 0.25) is 0 Å². The summed E-state index contributed by atoms with van der Waals surface area (Å²) < 4.78 is 16.4. The van der Waals surface area contributed by atoms with Crippen LogP contribution >= 0.6 is 0 Å². The Hall–Kier alpha value is -3.48. The molecule has 0 aliphatic carbocycles. The van der Waals surface area contributed by atoms with E-state index >= 15 is 0 Å². The van der Waals surface area contributed by atoms with Crippen molar-refractivity contribution in [1.82, 2.24) is 20.1 Å². The molecule has 164 valence electrons. The minimum absolute atomic E-state index is 0.179. The molecular formula is C25H26FN5O. The van der Waals surface area contributed by atoms with E-state index in [1.54, 1.807) is 6.33 Å². The fourth-order valence-corrected chi connectivity index (χ4v) is 4.88. The summed E-state index contributed by atoms with van der Waals surface area (Å²) >= 11 is 0. The highest BCUT2D eigenvalue weighted by molar-refractivity contribution is 6.04. The second-order valence-corrected chi connectivity index (χ2v) is 8.27. The summed E-state index contributed by atoms with van der Waals surface area (Å²) in [5, 5.41) is 10.8. The molecule has 1 aromatic heterocycles. The molecule has 2 N–H and O–H groups in total. The maximum atomic E-state index is 14.5. The van der Waals surface area contributed by atoms with Crippen LogP contribution < -0.4 is 10.6 Å². The highest BCUT2D eigenvalue weighted by Gasteiger charge is 2.40. The zero-order chi connectivity index (χ0) is 22.2. The Balaban J connectivity index is 1.71. The molecule has 5 rings (SSSR count). The molecule has 6 nitrogen and oxygen atoms in total. The summed E-state index contributed by atoms with van der Waals surface area (Å²) in [6.07, 6.45) is 5.72. The van der Waals surface area contributed by atoms with E-state index in [1.807, 2.05) is 17.7 Å². The van der Waals surface area contributed by atoms with Crippen molar-refractivity contribution in [2.45, 2.75) is 45.2 Å². The number of anilines is 1. The standard InChI is InChI=1S/C25H26FN5O/c1-3-5-15-6-8-16(9-7-15)23-22(24-28-14-29-31(24)4-2)18-10-11-27-25(32)19-12-17(26)13-20(30-23)21(18)19/h6-10,12-14,22-23,30H,3-5,11H2,1-2H3,(H,27,32). The first-order chi connectivity index (χ1) is 15.6. The van der Waals surface area contributed by atoms with Crippen LogP contribution in [0.15, 0.2) is 48.8 Å². The van der Waals surface area contributed by atoms with Crippen LogP contribution in [0, 0.1) is 5.82 Å². The van der Waals surface area contributed by atoms with Crippen LogP contribution in [-0.4, -0.2) is 27.2 Å². The molecular weight excluding hydrogens is 405 g/mol. The summed E-state index contributed by atoms with van der Waals surface area (Å²) in [5.41, 5.74) is 5.07. The molecule has 2 atom stereocenters. The Kier molecular flexibility index (Phi) is 5.25. The van der Waals surface area contributed by atoms with Crippen LogP contribution in [0.2, 0.25) is 0 Å². The number of carbonyl (C=O) groups is 1. The second-order valence-electron chi connectivity index (χ2n) is 8.27. The van der Waals surface area contributed by atoms with Crippen LogP contribution in [0.4, 0.5) is 10.1 Å². The SMILES string of the molecule is CCCc1ccc(C2Nc3cc(F)cc4c3C(=CCNC4=O)C2c2ncnn2CC)cc1. The number of benzene rings is 2. The molecule has 7 heteroatoms. The highest BCUT2D eigenvalue weighted by Crippen LogP contribution is 2.50. The Morgan fingerprint density at radius 3 is 2.75 bits per heavy atom. The molecule has 2 aliphatic rings. The van der Waals surface area contributed by atoms with Crippen molar-refractivity contribution in [3.63, 3.8) is 0 Å². The number of nitrogens with one attached hydrogen (secondary N) is 2. The van der Waals surface area contributed by atoms with Gasteiger partial charge in [0.1, 0.15) is 18.0 Å². The third-order valence-electron chi connectivity index (χ3n) is 6.30. The number of nitrogens with zero attached hydrogens (tertiary/aromatic N) is 3. The summed E-state index contributed by atoms with van der Waals surface area (Å²) in [6.45, 7) is 5.26. The fraction of sp³-hybridized carbons (Fsp3) is 0.320. The monoisotopic (exact) mass is 431 g/mol. The van der Waals surface area contributed by atoms with Gasteiger partial charge < -0.3 is 10.6 Å². The first-order valence-corrected chi connectivity index (χ1v) is 11.2. The molecule has 0 radical (unpaired) electrons. The number of carbonyl (C=O) groups excluding carboxylic acids is 1. The van der Waals surface area contributed by atoms with E-state index in [-0.39, 0.29) is 17.9 Å². The highest BCUT2D eigenvalue weighted by atomic mass is 19.1. The maximum Gasteiger partial charge on any atom is 0.252 e. The lowest BCUT2D eigenvalue weighted by atomic mass is 9.77. The van der Waals surface area contributed by atoms with Crippen molar-refractivity contribution in [2.75, 3.05) is 11.9 Å². The van der Waals surface area contributed by atoms with Crippen molar-refractivity contribution in [2.24, 2.45) is 0 Å². The van der Waals surface area contributed by atoms with Gasteiger partial charge in [0.25, 0.3) is 5.91 Å². The van der Waals surface area contributed by atoms with Crippen LogP contribution in [0.3, 0.4) is 0 Å². The van der Waals surface area contributed by atoms with Gasteiger partial charge in [-0.25, -0.2) is 14.1 Å². The van der Waals surface area contributed by atoms with Gasteiger partial charge in [0.05, 0.1) is 17.5 Å². The Bertz CT molecular complexity index is 1200. The molecule has 3 aromatic rings. The lowest BCUT2D eigenvalue weighted by Gasteiger charge is -2.37. The van der Waals surface area contributed by atoms with Crippen molar-refractivity contribution in [3.05, 3.63) is 82.7 Å². The van der Waals surface area contributed by atoms with Crippen molar-refractivity contribution in [1.29, 1.82) is 0 Å². The molecule has 0 saturated heterocycles. The lowest BCUT2D eigenvalue weighted by molar-refractivity contribution is 0.0958. The number of hydrogen-bond donors (Lipinski definition) is 2. The number of halogens is 1. The van der Waals surface area contributed by atoms with E-state index in [0.29, 0.717) is 24.3 Å². The molecule has 3 heterocycles. The van der Waals surface area contributed by atoms with Gasteiger partial charge in [-0.05, 0) is 42.2 Å². The van der Waals surface area contributed by atoms with Crippen molar-refractivity contribution < 1.29 is 9.18 Å². The van der Waals surface area contributed by atoms with Gasteiger partial charge >= 0.3 is 0 Å². The maximum absolute atomic E-state index is 14.5. The van der Waals surface area contributed by atoms with Gasteiger partial charge in [-0.1, -0.05) is 43.7 Å². The van der Waals surface area contributed by atoms with Gasteiger partial charge in [-0.15, -0.1) is 0 Å². The molecule has 32 heavy (non-hydrogen) atoms. The molecule has 0 bridgehead atoms. The smallest absolute Gasteiger partial charge is 0.252 e. The first kappa shape index (κ1) is 20.4. The number of hydrogen-bond acceptors (Lipinski definition) is 4. The van der Waals surface area contributed by atoms with E-state index in [2.05, 4.69) is 51.9 Å². The Labute approximate surface area is 186 Å². The molecule has 0 spiro atoms. The van der Waals surface area contributed by atoms with Crippen LogP contribution in [0.25, 0.3) is 5.57 Å². The lowest BCUT2D eigenvalue weighted by Crippen LogP contribution is -2.29. The normalized spacial score (nSPS) is 19.5. The van der Waals surface area contributed by atoms with Crippen LogP contribution in [-0.2, 0) is 13.0 Å². The quantitative estimate of drug-likeness (QED) is 0.625. The number of rotatable bonds is 5. The Morgan fingerprint density at radius 1 is 1.19 bits per heavy atom. The largest absolute Gasteiger partial charge is 0.377 e. The van der Waals surface area contributed by atoms with E-state index in [0.717, 1.165) is 35.4 Å². The minimum Gasteiger partial charge on any atom is -0.377 e. The van der Waals surface area contributed by atoms with Crippen molar-refractivity contribution >= 4 is 17.2 Å². The number of aromatic nitrogens is 3. The average Bonchev–Trinajstić information content (AvgIpc) is 3.20. The molecule has 1 amide bonds. The van der Waals surface area contributed by atoms with Gasteiger partial charge in [-0.3, -0.25) is 4.79 Å². The van der Waals surface area contributed by atoms with E-state index in [4.69, 9.17) is 0 Å². The number of aryl methyl sites for hydroxylation is 2. The number of amides is 1. The summed E-state index contributed by atoms with van der Waals surface area (Å²) in [7, 11) is 0. The summed E-state index contributed by atoms with van der Waals surface area (Å²) in [4.78, 5) is 17.3. The topological polar surface area (TPSA) is 71.8 Å². The summed E-state index contributed by atoms with van der Waals surface area (Å²) in [5.74, 6) is -0.0650. The predicted octanol–water partition coefficient (Wildman–Crippen LogP) is 4.47. The molecule has 0 saturated carbocycles. The molecule has 2 aromatic carbocycles. The third kappa shape index (κ3) is 3.38. The fourth-order valence-electron chi connectivity index (χ4n) is 4.88. The van der Waals surface area contributed by atoms with E-state index < -0.39 is 5.82 Å². The average molecular weight is 432 g/mol. The third-order valence-corrected chi connectivity index (χ3v) is 6.30. The molecule has 0 fully saturated rings. The zero-order valence-corrected chi connectivity index (χ0v) is 18.2. The van der Waals surface area contributed by atoms with Crippen LogP contribution in [0.1, 0.15) is 65.1 Å². The Morgan fingerprint density at radius 2 is 2.00 bits per heavy atom. The zero-order valence-electron chi connectivity index (χ0n) is 18.2. The van der Waals surface area contributed by atoms with Crippen molar-refractivity contribution in [3.8, 4) is 0 Å². The van der Waals surface area contributed by atoms with Crippen LogP contribution in [0.5, 0.6) is 0 Å².